The van der Waals surface area contributed by atoms with Crippen LogP contribution < -0.4 is 5.32 Å². The molecule has 0 bridgehead atoms. The van der Waals surface area contributed by atoms with Crippen molar-refractivity contribution in [1.82, 2.24) is 10.3 Å². The number of oxazole rings is 1. The van der Waals surface area contributed by atoms with Crippen LogP contribution in [-0.2, 0) is 4.79 Å². The van der Waals surface area contributed by atoms with Crippen LogP contribution in [0.3, 0.4) is 0 Å². The quantitative estimate of drug-likeness (QED) is 0.503. The summed E-state index contributed by atoms with van der Waals surface area (Å²) in [5, 5.41) is 2.48. The molecule has 3 rings (SSSR count). The van der Waals surface area contributed by atoms with E-state index in [0.29, 0.717) is 23.9 Å². The average Bonchev–Trinajstić information content (AvgIpc) is 2.76. The molecule has 1 aliphatic carbocycles. The lowest BCUT2D eigenvalue weighted by Gasteiger charge is -2.33. The summed E-state index contributed by atoms with van der Waals surface area (Å²) in [6, 6.07) is 7.18. The molecular weight excluding hydrogens is 232 g/mol. The van der Waals surface area contributed by atoms with E-state index in [1.165, 1.54) is 0 Å². The summed E-state index contributed by atoms with van der Waals surface area (Å²) in [6.07, 6.45) is 3.73. The van der Waals surface area contributed by atoms with Crippen LogP contribution in [0, 0.1) is 0 Å². The Bertz CT molecular complexity index is 580. The molecule has 1 aliphatic rings. The molecule has 0 spiro atoms. The van der Waals surface area contributed by atoms with Crippen LogP contribution in [0.4, 0.5) is 0 Å². The van der Waals surface area contributed by atoms with Crippen molar-refractivity contribution in [2.45, 2.75) is 24.8 Å². The number of hydrogen-bond acceptors (Lipinski definition) is 4. The van der Waals surface area contributed by atoms with E-state index in [9.17, 15) is 9.59 Å². The first-order valence-corrected chi connectivity index (χ1v) is 5.80. The minimum absolute atomic E-state index is 0.0543. The van der Waals surface area contributed by atoms with Crippen molar-refractivity contribution < 1.29 is 14.0 Å². The number of carbonyl (C=O) groups excluding carboxylic acids is 2. The van der Waals surface area contributed by atoms with Crippen LogP contribution in [-0.4, -0.2) is 22.7 Å². The summed E-state index contributed by atoms with van der Waals surface area (Å²) in [4.78, 5) is 26.9. The van der Waals surface area contributed by atoms with Crippen molar-refractivity contribution in [3.8, 4) is 0 Å². The van der Waals surface area contributed by atoms with Gasteiger partial charge in [-0.05, 0) is 31.4 Å². The van der Waals surface area contributed by atoms with E-state index in [-0.39, 0.29) is 11.7 Å². The number of para-hydroxylation sites is 2. The molecule has 18 heavy (non-hydrogen) atoms. The van der Waals surface area contributed by atoms with E-state index in [2.05, 4.69) is 10.3 Å². The zero-order chi connectivity index (χ0) is 12.6. The van der Waals surface area contributed by atoms with Crippen LogP contribution >= 0.6 is 0 Å². The highest BCUT2D eigenvalue weighted by Gasteiger charge is 2.50. The number of aromatic nitrogens is 1. The van der Waals surface area contributed by atoms with Gasteiger partial charge in [-0.15, -0.1) is 5.32 Å². The normalized spacial score (nSPS) is 16.9. The summed E-state index contributed by atoms with van der Waals surface area (Å²) in [7, 11) is 0. The maximum Gasteiger partial charge on any atom is 0.665 e. The van der Waals surface area contributed by atoms with Gasteiger partial charge in [-0.25, -0.2) is 4.98 Å². The minimum atomic E-state index is -0.859. The molecular formula is C13H11N2O3+. The summed E-state index contributed by atoms with van der Waals surface area (Å²) in [6.45, 7) is 0. The third kappa shape index (κ3) is 1.49. The molecule has 2 aromatic rings. The molecule has 0 radical (unpaired) electrons. The monoisotopic (exact) mass is 243 g/mol. The third-order valence-corrected chi connectivity index (χ3v) is 3.42. The number of carbonyl (C=O) groups is 1. The number of benzene rings is 1. The van der Waals surface area contributed by atoms with Gasteiger partial charge in [0.25, 0.3) is 5.89 Å². The van der Waals surface area contributed by atoms with Gasteiger partial charge < -0.3 is 4.42 Å². The maximum atomic E-state index is 12.3. The smallest absolute Gasteiger partial charge is 0.434 e. The van der Waals surface area contributed by atoms with Gasteiger partial charge in [0.1, 0.15) is 5.52 Å². The second kappa shape index (κ2) is 3.89. The molecule has 1 heterocycles. The lowest BCUT2D eigenvalue weighted by molar-refractivity contribution is 0.0729. The molecule has 0 saturated heterocycles. The van der Waals surface area contributed by atoms with Crippen LogP contribution in [0.1, 0.15) is 29.9 Å². The second-order valence-corrected chi connectivity index (χ2v) is 4.48. The topological polar surface area (TPSA) is 72.2 Å². The van der Waals surface area contributed by atoms with Crippen LogP contribution in [0.15, 0.2) is 28.7 Å². The molecule has 1 N–H and O–H groups in total. The summed E-state index contributed by atoms with van der Waals surface area (Å²) >= 11 is 0. The van der Waals surface area contributed by atoms with Gasteiger partial charge in [-0.1, -0.05) is 12.1 Å². The lowest BCUT2D eigenvalue weighted by Crippen LogP contribution is -2.56. The molecule has 1 saturated carbocycles. The second-order valence-electron chi connectivity index (χ2n) is 4.48. The van der Waals surface area contributed by atoms with E-state index >= 15 is 0 Å². The van der Waals surface area contributed by atoms with Gasteiger partial charge in [-0.3, -0.25) is 4.79 Å². The predicted octanol–water partition coefficient (Wildman–Crippen LogP) is 1.59. The van der Waals surface area contributed by atoms with Gasteiger partial charge in [0, 0.05) is 0 Å². The fourth-order valence-electron chi connectivity index (χ4n) is 2.21. The molecule has 1 aromatic heterocycles. The van der Waals surface area contributed by atoms with E-state index in [4.69, 9.17) is 4.42 Å². The number of fused-ring (bicyclic) bond motifs is 1. The van der Waals surface area contributed by atoms with E-state index in [1.54, 1.807) is 18.5 Å². The molecule has 0 unspecified atom stereocenters. The first-order chi connectivity index (χ1) is 8.75. The third-order valence-electron chi connectivity index (χ3n) is 3.42. The number of hydrogen-bond donors (Lipinski definition) is 1. The molecule has 90 valence electrons. The number of ketones is 1. The molecule has 1 fully saturated rings. The predicted molar refractivity (Wildman–Crippen MR) is 63.8 cm³/mol. The summed E-state index contributed by atoms with van der Waals surface area (Å²) in [5.41, 5.74) is 0.360. The van der Waals surface area contributed by atoms with Crippen LogP contribution in [0.2, 0.25) is 0 Å². The Labute approximate surface area is 103 Å². The van der Waals surface area contributed by atoms with Gasteiger partial charge >= 0.3 is 6.41 Å². The Morgan fingerprint density at radius 1 is 1.39 bits per heavy atom. The Hall–Kier alpha value is -2.26. The van der Waals surface area contributed by atoms with Crippen LogP contribution in [0.25, 0.3) is 11.1 Å². The van der Waals surface area contributed by atoms with Crippen molar-refractivity contribution in [2.24, 2.45) is 0 Å². The van der Waals surface area contributed by atoms with Gasteiger partial charge in [0.2, 0.25) is 5.78 Å². The first kappa shape index (κ1) is 10.9. The summed E-state index contributed by atoms with van der Waals surface area (Å²) < 4.78 is 5.43. The van der Waals surface area contributed by atoms with Crippen molar-refractivity contribution in [3.05, 3.63) is 30.2 Å². The molecule has 0 aliphatic heterocycles. The first-order valence-electron chi connectivity index (χ1n) is 5.80. The van der Waals surface area contributed by atoms with E-state index < -0.39 is 5.54 Å². The zero-order valence-electron chi connectivity index (χ0n) is 9.60. The Kier molecular flexibility index (Phi) is 2.35. The largest absolute Gasteiger partial charge is 0.665 e. The lowest BCUT2D eigenvalue weighted by atomic mass is 9.73. The van der Waals surface area contributed by atoms with Crippen LogP contribution in [0.5, 0.6) is 0 Å². The standard InChI is InChI=1S/C13H11N2O3/c16-8-14-13(6-3-7-13)11(17)12-15-9-4-1-2-5-10(9)18-12/h1-2,4-5H,3,6-7H2,(H,14,16)/q+1. The van der Waals surface area contributed by atoms with E-state index in [0.717, 1.165) is 6.42 Å². The Morgan fingerprint density at radius 2 is 2.17 bits per heavy atom. The van der Waals surface area contributed by atoms with Gasteiger partial charge in [0.05, 0.1) is 4.79 Å². The molecule has 1 amide bonds. The number of amides is 1. The van der Waals surface area contributed by atoms with E-state index in [1.807, 2.05) is 12.1 Å². The van der Waals surface area contributed by atoms with Crippen molar-refractivity contribution in [1.29, 1.82) is 0 Å². The number of Topliss-reactive ketones (excluding diaryl/α,β-unsaturated/α-hetero) is 1. The zero-order valence-corrected chi connectivity index (χ0v) is 9.60. The highest BCUT2D eigenvalue weighted by molar-refractivity contribution is 6.02. The van der Waals surface area contributed by atoms with Gasteiger partial charge in [0.15, 0.2) is 11.1 Å². The molecule has 0 atom stereocenters. The SMILES string of the molecule is O=[C+]NC1(C(=O)c2nc3ccccc3o2)CCC1. The van der Waals surface area contributed by atoms with Gasteiger partial charge in [-0.2, -0.15) is 0 Å². The highest BCUT2D eigenvalue weighted by Crippen LogP contribution is 2.35. The van der Waals surface area contributed by atoms with Crippen molar-refractivity contribution >= 4 is 23.3 Å². The average molecular weight is 243 g/mol. The number of nitrogens with zero attached hydrogens (tertiary/aromatic N) is 1. The minimum Gasteiger partial charge on any atom is -0.434 e. The number of nitrogens with one attached hydrogen (secondary N) is 1. The number of rotatable bonds is 4. The molecule has 5 heteroatoms. The Balaban J connectivity index is 1.98. The van der Waals surface area contributed by atoms with Crippen molar-refractivity contribution in [3.63, 3.8) is 0 Å². The molecule has 5 nitrogen and oxygen atoms in total. The summed E-state index contributed by atoms with van der Waals surface area (Å²) in [5.74, 6) is -0.216. The maximum absolute atomic E-state index is 12.3. The van der Waals surface area contributed by atoms with Crippen molar-refractivity contribution in [2.75, 3.05) is 0 Å². The molecule has 1 aromatic carbocycles. The fraction of sp³-hybridized carbons (Fsp3) is 0.308. The highest BCUT2D eigenvalue weighted by atomic mass is 16.4. The Morgan fingerprint density at radius 3 is 2.78 bits per heavy atom. The fourth-order valence-corrected chi connectivity index (χ4v) is 2.21.